The summed E-state index contributed by atoms with van der Waals surface area (Å²) in [5, 5.41) is 0. The van der Waals surface area contributed by atoms with Crippen LogP contribution in [0.1, 0.15) is 53.8 Å². The molecular formula is C18H28ClN3O2. The number of nitrogens with two attached hydrogens (primary N) is 1. The lowest BCUT2D eigenvalue weighted by atomic mass is 10.1. The van der Waals surface area contributed by atoms with Gasteiger partial charge in [0.25, 0.3) is 11.8 Å². The smallest absolute Gasteiger partial charge is 0.253 e. The molecule has 0 radical (unpaired) electrons. The third-order valence-electron chi connectivity index (χ3n) is 4.14. The van der Waals surface area contributed by atoms with Crippen molar-refractivity contribution in [3.63, 3.8) is 0 Å². The summed E-state index contributed by atoms with van der Waals surface area (Å²) < 4.78 is 0. The normalized spacial score (nSPS) is 16.6. The van der Waals surface area contributed by atoms with Crippen LogP contribution in [0.5, 0.6) is 0 Å². The van der Waals surface area contributed by atoms with Crippen LogP contribution in [0.15, 0.2) is 24.3 Å². The molecule has 0 saturated carbocycles. The van der Waals surface area contributed by atoms with Crippen LogP contribution in [-0.2, 0) is 0 Å². The molecule has 2 rings (SSSR count). The molecule has 134 valence electrons. The average Bonchev–Trinajstić information content (AvgIpc) is 3.00. The van der Waals surface area contributed by atoms with E-state index in [-0.39, 0.29) is 30.3 Å². The molecule has 6 heteroatoms. The number of rotatable bonds is 6. The lowest BCUT2D eigenvalue weighted by Gasteiger charge is -2.22. The van der Waals surface area contributed by atoms with Crippen molar-refractivity contribution in [1.82, 2.24) is 9.80 Å². The minimum atomic E-state index is -0.0369. The molecule has 1 fully saturated rings. The Morgan fingerprint density at radius 3 is 2.38 bits per heavy atom. The van der Waals surface area contributed by atoms with E-state index in [1.54, 1.807) is 29.2 Å². The Hall–Kier alpha value is -1.59. The van der Waals surface area contributed by atoms with E-state index >= 15 is 0 Å². The van der Waals surface area contributed by atoms with E-state index < -0.39 is 0 Å². The molecule has 0 unspecified atom stereocenters. The molecule has 1 saturated heterocycles. The number of likely N-dealkylation sites (tertiary alicyclic amines) is 1. The van der Waals surface area contributed by atoms with E-state index in [0.29, 0.717) is 24.2 Å². The van der Waals surface area contributed by atoms with Crippen molar-refractivity contribution in [1.29, 1.82) is 0 Å². The van der Waals surface area contributed by atoms with E-state index in [1.165, 1.54) is 0 Å². The van der Waals surface area contributed by atoms with Crippen LogP contribution >= 0.6 is 12.4 Å². The van der Waals surface area contributed by atoms with Crippen molar-refractivity contribution in [3.8, 4) is 0 Å². The molecule has 2 N–H and O–H groups in total. The van der Waals surface area contributed by atoms with Crippen LogP contribution in [0.3, 0.4) is 0 Å². The van der Waals surface area contributed by atoms with Crippen LogP contribution < -0.4 is 5.73 Å². The van der Waals surface area contributed by atoms with Gasteiger partial charge in [-0.05, 0) is 37.5 Å². The molecule has 1 atom stereocenters. The highest BCUT2D eigenvalue weighted by atomic mass is 35.5. The maximum absolute atomic E-state index is 12.7. The molecule has 1 aliphatic rings. The monoisotopic (exact) mass is 353 g/mol. The zero-order chi connectivity index (χ0) is 16.8. The van der Waals surface area contributed by atoms with Crippen LogP contribution in [0.4, 0.5) is 0 Å². The highest BCUT2D eigenvalue weighted by molar-refractivity contribution is 5.99. The quantitative estimate of drug-likeness (QED) is 0.854. The number of halogens is 1. The van der Waals surface area contributed by atoms with Crippen LogP contribution in [-0.4, -0.2) is 53.8 Å². The first kappa shape index (κ1) is 20.5. The topological polar surface area (TPSA) is 66.6 Å². The van der Waals surface area contributed by atoms with Crippen molar-refractivity contribution in [2.24, 2.45) is 5.73 Å². The van der Waals surface area contributed by atoms with Gasteiger partial charge < -0.3 is 15.5 Å². The molecule has 1 aromatic rings. The second-order valence-corrected chi connectivity index (χ2v) is 6.17. The Morgan fingerprint density at radius 2 is 1.83 bits per heavy atom. The minimum absolute atomic E-state index is 0. The van der Waals surface area contributed by atoms with Crippen molar-refractivity contribution in [2.75, 3.05) is 26.2 Å². The second kappa shape index (κ2) is 9.64. The molecule has 1 heterocycles. The number of benzene rings is 1. The molecule has 0 spiro atoms. The summed E-state index contributed by atoms with van der Waals surface area (Å²) in [4.78, 5) is 28.8. The fraction of sp³-hybridized carbons (Fsp3) is 0.556. The predicted octanol–water partition coefficient (Wildman–Crippen LogP) is 2.54. The maximum atomic E-state index is 12.7. The van der Waals surface area contributed by atoms with Gasteiger partial charge in [-0.1, -0.05) is 19.9 Å². The number of carbonyl (C=O) groups excluding carboxylic acids is 2. The van der Waals surface area contributed by atoms with Gasteiger partial charge >= 0.3 is 0 Å². The van der Waals surface area contributed by atoms with Gasteiger partial charge in [0.15, 0.2) is 0 Å². The van der Waals surface area contributed by atoms with Gasteiger partial charge in [-0.25, -0.2) is 0 Å². The van der Waals surface area contributed by atoms with E-state index in [9.17, 15) is 9.59 Å². The highest BCUT2D eigenvalue weighted by Crippen LogP contribution is 2.15. The lowest BCUT2D eigenvalue weighted by molar-refractivity contribution is 0.0755. The van der Waals surface area contributed by atoms with Crippen LogP contribution in [0.25, 0.3) is 0 Å². The van der Waals surface area contributed by atoms with Gasteiger partial charge in [0.1, 0.15) is 0 Å². The number of amides is 2. The standard InChI is InChI=1S/C18H27N3O2.ClH/c1-3-9-20(10-4-2)17(22)14-6-5-7-15(12-14)18(23)21-11-8-16(19)13-21;/h5-7,12,16H,3-4,8-11,13,19H2,1-2H3;1H/t16-;/m1./s1. The fourth-order valence-electron chi connectivity index (χ4n) is 2.98. The first-order valence-corrected chi connectivity index (χ1v) is 8.51. The van der Waals surface area contributed by atoms with Crippen molar-refractivity contribution in [2.45, 2.75) is 39.2 Å². The molecule has 0 aliphatic carbocycles. The van der Waals surface area contributed by atoms with Gasteiger partial charge in [-0.15, -0.1) is 12.4 Å². The zero-order valence-electron chi connectivity index (χ0n) is 14.5. The average molecular weight is 354 g/mol. The Kier molecular flexibility index (Phi) is 8.22. The Morgan fingerprint density at radius 1 is 1.21 bits per heavy atom. The Bertz CT molecular complexity index is 559. The minimum Gasteiger partial charge on any atom is -0.339 e. The summed E-state index contributed by atoms with van der Waals surface area (Å²) in [6.07, 6.45) is 2.69. The molecule has 0 bridgehead atoms. The molecule has 1 aromatic carbocycles. The molecule has 24 heavy (non-hydrogen) atoms. The summed E-state index contributed by atoms with van der Waals surface area (Å²) in [6.45, 7) is 6.89. The fourth-order valence-corrected chi connectivity index (χ4v) is 2.98. The Labute approximate surface area is 150 Å². The molecule has 0 aromatic heterocycles. The summed E-state index contributed by atoms with van der Waals surface area (Å²) in [5.74, 6) is -0.0355. The zero-order valence-corrected chi connectivity index (χ0v) is 15.3. The van der Waals surface area contributed by atoms with Crippen molar-refractivity contribution >= 4 is 24.2 Å². The van der Waals surface area contributed by atoms with Gasteiger partial charge in [0.05, 0.1) is 0 Å². The van der Waals surface area contributed by atoms with Gasteiger partial charge in [-0.2, -0.15) is 0 Å². The van der Waals surface area contributed by atoms with E-state index in [1.807, 2.05) is 4.90 Å². The van der Waals surface area contributed by atoms with Gasteiger partial charge in [-0.3, -0.25) is 9.59 Å². The van der Waals surface area contributed by atoms with E-state index in [2.05, 4.69) is 13.8 Å². The van der Waals surface area contributed by atoms with E-state index in [0.717, 1.165) is 32.4 Å². The largest absolute Gasteiger partial charge is 0.339 e. The number of hydrogen-bond donors (Lipinski definition) is 1. The predicted molar refractivity (Wildman–Crippen MR) is 98.7 cm³/mol. The summed E-state index contributed by atoms with van der Waals surface area (Å²) in [6, 6.07) is 7.12. The molecule has 1 aliphatic heterocycles. The number of nitrogens with zero attached hydrogens (tertiary/aromatic N) is 2. The highest BCUT2D eigenvalue weighted by Gasteiger charge is 2.25. The molecule has 2 amide bonds. The third-order valence-corrected chi connectivity index (χ3v) is 4.14. The summed E-state index contributed by atoms with van der Waals surface area (Å²) in [5.41, 5.74) is 7.02. The number of hydrogen-bond acceptors (Lipinski definition) is 3. The van der Waals surface area contributed by atoms with Crippen LogP contribution in [0, 0.1) is 0 Å². The maximum Gasteiger partial charge on any atom is 0.253 e. The van der Waals surface area contributed by atoms with Gasteiger partial charge in [0, 0.05) is 43.3 Å². The second-order valence-electron chi connectivity index (χ2n) is 6.17. The summed E-state index contributed by atoms with van der Waals surface area (Å²) in [7, 11) is 0. The van der Waals surface area contributed by atoms with Crippen LogP contribution in [0.2, 0.25) is 0 Å². The first-order chi connectivity index (χ1) is 11.1. The molecule has 5 nitrogen and oxygen atoms in total. The number of carbonyl (C=O) groups is 2. The van der Waals surface area contributed by atoms with E-state index in [4.69, 9.17) is 5.73 Å². The summed E-state index contributed by atoms with van der Waals surface area (Å²) >= 11 is 0. The van der Waals surface area contributed by atoms with Crippen molar-refractivity contribution in [3.05, 3.63) is 35.4 Å². The Balaban J connectivity index is 0.00000288. The lowest BCUT2D eigenvalue weighted by Crippen LogP contribution is -2.33. The SMILES string of the molecule is CCCN(CCC)C(=O)c1cccc(C(=O)N2CC[C@@H](N)C2)c1.Cl. The molecular weight excluding hydrogens is 326 g/mol. The third kappa shape index (κ3) is 4.95. The first-order valence-electron chi connectivity index (χ1n) is 8.51. The van der Waals surface area contributed by atoms with Gasteiger partial charge in [0.2, 0.25) is 0 Å². The van der Waals surface area contributed by atoms with Crippen molar-refractivity contribution < 1.29 is 9.59 Å².